The van der Waals surface area contributed by atoms with Gasteiger partial charge in [0.25, 0.3) is 0 Å². The van der Waals surface area contributed by atoms with Gasteiger partial charge in [0.15, 0.2) is 5.82 Å². The Balaban J connectivity index is 0.000000176. The summed E-state index contributed by atoms with van der Waals surface area (Å²) in [6.45, 7) is 4.53. The molecule has 1 N–H and O–H groups in total. The number of furan rings is 1. The van der Waals surface area contributed by atoms with Crippen molar-refractivity contribution in [3.8, 4) is 11.4 Å². The average Bonchev–Trinajstić information content (AvgIpc) is 3.46. The second kappa shape index (κ2) is 12.1. The van der Waals surface area contributed by atoms with E-state index in [2.05, 4.69) is 31.4 Å². The van der Waals surface area contributed by atoms with Crippen LogP contribution in [0.25, 0.3) is 16.7 Å². The number of nitrogens with zero attached hydrogens (tertiary/aromatic N) is 4. The fraction of sp³-hybridized carbons (Fsp3) is 0.200. The van der Waals surface area contributed by atoms with Gasteiger partial charge in [-0.05, 0) is 61.5 Å². The summed E-state index contributed by atoms with van der Waals surface area (Å²) in [5.41, 5.74) is 4.76. The molecule has 0 bridgehead atoms. The maximum Gasteiger partial charge on any atom is 0.216 e. The summed E-state index contributed by atoms with van der Waals surface area (Å²) in [5.74, 6) is 3.32. The number of hydrogen-bond acceptors (Lipinski definition) is 6. The largest absolute Gasteiger partial charge is 0.497 e. The van der Waals surface area contributed by atoms with Crippen molar-refractivity contribution >= 4 is 50.1 Å². The molecule has 0 atom stereocenters. The summed E-state index contributed by atoms with van der Waals surface area (Å²) in [6, 6.07) is 21.5. The number of aryl methyl sites for hydroxylation is 1. The first-order valence-corrected chi connectivity index (χ1v) is 13.8. The standard InChI is InChI=1S/C18H15ClN4O.C12H12BrNO2/c1-11-21-22-17-10-20-18(12-3-5-13(19)6-4-12)15-9-14(24-2)7-8-16(15)23(11)17;1-8(15)14-5-4-11-7-9-6-10(13)2-3-12(9)16-11/h3-9H,10H2,1-2H3;2-3,6-7H,4-5H2,1H3,(H,14,15). The molecule has 1 aliphatic rings. The van der Waals surface area contributed by atoms with E-state index >= 15 is 0 Å². The lowest BCUT2D eigenvalue weighted by molar-refractivity contribution is -0.118. The summed E-state index contributed by atoms with van der Waals surface area (Å²) >= 11 is 9.44. The monoisotopic (exact) mass is 619 g/mol. The zero-order chi connectivity index (χ0) is 28.2. The van der Waals surface area contributed by atoms with Crippen molar-refractivity contribution in [3.05, 3.63) is 105 Å². The van der Waals surface area contributed by atoms with Crippen molar-refractivity contribution in [1.82, 2.24) is 20.1 Å². The van der Waals surface area contributed by atoms with Crippen LogP contribution in [0.2, 0.25) is 5.02 Å². The lowest BCUT2D eigenvalue weighted by Gasteiger charge is -2.14. The lowest BCUT2D eigenvalue weighted by atomic mass is 10.00. The van der Waals surface area contributed by atoms with Gasteiger partial charge in [-0.2, -0.15) is 0 Å². The second-order valence-electron chi connectivity index (χ2n) is 9.18. The average molecular weight is 621 g/mol. The van der Waals surface area contributed by atoms with Crippen LogP contribution in [-0.2, 0) is 17.8 Å². The molecule has 5 aromatic rings. The fourth-order valence-electron chi connectivity index (χ4n) is 4.49. The summed E-state index contributed by atoms with van der Waals surface area (Å²) in [6.07, 6.45) is 0.714. The Morgan fingerprint density at radius 2 is 1.90 bits per heavy atom. The zero-order valence-electron chi connectivity index (χ0n) is 22.2. The van der Waals surface area contributed by atoms with Gasteiger partial charge in [0.1, 0.15) is 29.5 Å². The molecule has 0 radical (unpaired) electrons. The molecule has 8 nitrogen and oxygen atoms in total. The molecule has 3 heterocycles. The number of carbonyl (C=O) groups is 1. The maximum atomic E-state index is 10.7. The van der Waals surface area contributed by atoms with Gasteiger partial charge in [0, 0.05) is 45.9 Å². The molecule has 1 amide bonds. The molecule has 1 aliphatic heterocycles. The van der Waals surface area contributed by atoms with Crippen LogP contribution in [0.4, 0.5) is 0 Å². The number of amides is 1. The molecule has 3 aromatic carbocycles. The first kappa shape index (κ1) is 27.6. The van der Waals surface area contributed by atoms with E-state index in [1.165, 1.54) is 6.92 Å². The molecule has 6 rings (SSSR count). The second-order valence-corrected chi connectivity index (χ2v) is 10.5. The van der Waals surface area contributed by atoms with E-state index in [9.17, 15) is 4.79 Å². The number of rotatable bonds is 5. The molecule has 204 valence electrons. The summed E-state index contributed by atoms with van der Waals surface area (Å²) < 4.78 is 14.1. The molecule has 0 unspecified atom stereocenters. The van der Waals surface area contributed by atoms with Gasteiger partial charge in [-0.3, -0.25) is 14.4 Å². The van der Waals surface area contributed by atoms with Crippen LogP contribution in [-0.4, -0.2) is 40.0 Å². The third-order valence-corrected chi connectivity index (χ3v) is 7.11. The molecule has 0 saturated carbocycles. The van der Waals surface area contributed by atoms with Crippen LogP contribution in [0.1, 0.15) is 35.5 Å². The molecule has 40 heavy (non-hydrogen) atoms. The third-order valence-electron chi connectivity index (χ3n) is 6.36. The molecule has 10 heteroatoms. The number of ether oxygens (including phenoxy) is 1. The highest BCUT2D eigenvalue weighted by molar-refractivity contribution is 9.10. The minimum Gasteiger partial charge on any atom is -0.497 e. The van der Waals surface area contributed by atoms with Crippen LogP contribution in [0, 0.1) is 6.92 Å². The van der Waals surface area contributed by atoms with E-state index in [1.807, 2.05) is 78.2 Å². The molecule has 0 fully saturated rings. The van der Waals surface area contributed by atoms with E-state index in [1.54, 1.807) is 7.11 Å². The molecular formula is C30H27BrClN5O3. The highest BCUT2D eigenvalue weighted by atomic mass is 79.9. The topological polar surface area (TPSA) is 94.5 Å². The van der Waals surface area contributed by atoms with Crippen molar-refractivity contribution in [2.75, 3.05) is 13.7 Å². The number of aliphatic imine (C=N–C) groups is 1. The summed E-state index contributed by atoms with van der Waals surface area (Å²) in [7, 11) is 1.66. The molecular weight excluding hydrogens is 594 g/mol. The Labute approximate surface area is 245 Å². The lowest BCUT2D eigenvalue weighted by Crippen LogP contribution is -2.22. The Morgan fingerprint density at radius 3 is 2.65 bits per heavy atom. The number of carbonyl (C=O) groups excluding carboxylic acids is 1. The SMILES string of the molecule is CC(=O)NCCc1cc2cc(Br)ccc2o1.COc1ccc2c(c1)C(c1ccc(Cl)cc1)=NCc1nnc(C)n1-2. The highest BCUT2D eigenvalue weighted by Crippen LogP contribution is 2.29. The van der Waals surface area contributed by atoms with Gasteiger partial charge in [-0.1, -0.05) is 39.7 Å². The van der Waals surface area contributed by atoms with Crippen LogP contribution < -0.4 is 10.1 Å². The first-order valence-electron chi connectivity index (χ1n) is 12.6. The Hall–Kier alpha value is -3.95. The van der Waals surface area contributed by atoms with E-state index in [0.29, 0.717) is 24.5 Å². The Kier molecular flexibility index (Phi) is 8.32. The maximum absolute atomic E-state index is 10.7. The van der Waals surface area contributed by atoms with E-state index in [-0.39, 0.29) is 5.91 Å². The third kappa shape index (κ3) is 6.11. The van der Waals surface area contributed by atoms with Gasteiger partial charge < -0.3 is 14.5 Å². The number of nitrogens with one attached hydrogen (secondary N) is 1. The molecule has 0 aliphatic carbocycles. The van der Waals surface area contributed by atoms with Crippen molar-refractivity contribution in [2.45, 2.75) is 26.8 Å². The Morgan fingerprint density at radius 1 is 1.10 bits per heavy atom. The smallest absolute Gasteiger partial charge is 0.216 e. The summed E-state index contributed by atoms with van der Waals surface area (Å²) in [4.78, 5) is 15.5. The van der Waals surface area contributed by atoms with Crippen molar-refractivity contribution in [3.63, 3.8) is 0 Å². The van der Waals surface area contributed by atoms with E-state index < -0.39 is 0 Å². The number of aromatic nitrogens is 3. The number of fused-ring (bicyclic) bond motifs is 4. The number of methoxy groups -OCH3 is 1. The van der Waals surface area contributed by atoms with Crippen LogP contribution in [0.3, 0.4) is 0 Å². The van der Waals surface area contributed by atoms with Crippen LogP contribution in [0.5, 0.6) is 5.75 Å². The summed E-state index contributed by atoms with van der Waals surface area (Å²) in [5, 5.41) is 13.0. The van der Waals surface area contributed by atoms with Crippen LogP contribution in [0.15, 0.2) is 80.6 Å². The number of benzene rings is 3. The molecule has 0 spiro atoms. The highest BCUT2D eigenvalue weighted by Gasteiger charge is 2.22. The number of halogens is 2. The predicted octanol–water partition coefficient (Wildman–Crippen LogP) is 6.46. The molecule has 0 saturated heterocycles. The van der Waals surface area contributed by atoms with Crippen LogP contribution >= 0.6 is 27.5 Å². The van der Waals surface area contributed by atoms with Crippen molar-refractivity contribution in [1.29, 1.82) is 0 Å². The van der Waals surface area contributed by atoms with Crippen molar-refractivity contribution in [2.24, 2.45) is 4.99 Å². The van der Waals surface area contributed by atoms with E-state index in [0.717, 1.165) is 61.1 Å². The predicted molar refractivity (Wildman–Crippen MR) is 160 cm³/mol. The quantitative estimate of drug-likeness (QED) is 0.243. The molecule has 2 aromatic heterocycles. The van der Waals surface area contributed by atoms with Gasteiger partial charge >= 0.3 is 0 Å². The minimum atomic E-state index is -0.0149. The number of hydrogen-bond donors (Lipinski definition) is 1. The fourth-order valence-corrected chi connectivity index (χ4v) is 5.00. The van der Waals surface area contributed by atoms with Gasteiger partial charge in [-0.25, -0.2) is 0 Å². The minimum absolute atomic E-state index is 0.0149. The van der Waals surface area contributed by atoms with E-state index in [4.69, 9.17) is 25.7 Å². The zero-order valence-corrected chi connectivity index (χ0v) is 24.6. The van der Waals surface area contributed by atoms with Gasteiger partial charge in [0.2, 0.25) is 5.91 Å². The van der Waals surface area contributed by atoms with Crippen molar-refractivity contribution < 1.29 is 13.9 Å². The normalized spacial score (nSPS) is 12.0. The van der Waals surface area contributed by atoms with Gasteiger partial charge in [0.05, 0.1) is 18.5 Å². The Bertz CT molecular complexity index is 1710. The first-order chi connectivity index (χ1) is 19.3. The van der Waals surface area contributed by atoms with Gasteiger partial charge in [-0.15, -0.1) is 10.2 Å².